The van der Waals surface area contributed by atoms with Gasteiger partial charge in [0.1, 0.15) is 17.9 Å². The first-order valence-corrected chi connectivity index (χ1v) is 5.95. The lowest BCUT2D eigenvalue weighted by Gasteiger charge is -2.19. The van der Waals surface area contributed by atoms with Crippen molar-refractivity contribution in [3.8, 4) is 6.07 Å². The number of amides is 1. The Bertz CT molecular complexity index is 568. The number of nitrogens with two attached hydrogens (primary N) is 1. The van der Waals surface area contributed by atoms with Gasteiger partial charge in [-0.1, -0.05) is 0 Å². The number of anilines is 1. The number of hydrogen-bond donors (Lipinski definition) is 2. The molecule has 1 aromatic rings. The van der Waals surface area contributed by atoms with Crippen molar-refractivity contribution in [2.75, 3.05) is 5.32 Å². The molecule has 20 heavy (non-hydrogen) atoms. The lowest BCUT2D eigenvalue weighted by Crippen LogP contribution is -2.39. The van der Waals surface area contributed by atoms with Crippen molar-refractivity contribution in [3.63, 3.8) is 0 Å². The summed E-state index contributed by atoms with van der Waals surface area (Å²) in [4.78, 5) is 11.0. The van der Waals surface area contributed by atoms with Crippen molar-refractivity contribution in [2.45, 2.75) is 18.6 Å². The van der Waals surface area contributed by atoms with E-state index >= 15 is 0 Å². The number of primary amides is 1. The van der Waals surface area contributed by atoms with E-state index in [0.717, 1.165) is 12.1 Å². The van der Waals surface area contributed by atoms with Gasteiger partial charge in [-0.2, -0.15) is 18.4 Å². The highest BCUT2D eigenvalue weighted by molar-refractivity contribution is 9.10. The summed E-state index contributed by atoms with van der Waals surface area (Å²) in [6.07, 6.45) is -6.16. The summed E-state index contributed by atoms with van der Waals surface area (Å²) in [7, 11) is 0. The SMILES string of the molecule is N#Cc1cc(F)c(NC(CC(F)(F)F)C(N)=O)cc1Br. The first-order chi connectivity index (χ1) is 9.14. The molecule has 1 rings (SSSR count). The van der Waals surface area contributed by atoms with Crippen LogP contribution in [0.2, 0.25) is 0 Å². The van der Waals surface area contributed by atoms with Crippen molar-refractivity contribution in [1.82, 2.24) is 0 Å². The van der Waals surface area contributed by atoms with Crippen LogP contribution < -0.4 is 11.1 Å². The van der Waals surface area contributed by atoms with Crippen molar-refractivity contribution in [1.29, 1.82) is 5.26 Å². The minimum atomic E-state index is -4.63. The molecule has 4 nitrogen and oxygen atoms in total. The van der Waals surface area contributed by atoms with Crippen LogP contribution in [0.25, 0.3) is 0 Å². The second kappa shape index (κ2) is 6.09. The molecule has 0 aromatic heterocycles. The predicted molar refractivity (Wildman–Crippen MR) is 66.1 cm³/mol. The van der Waals surface area contributed by atoms with E-state index in [9.17, 15) is 22.4 Å². The third-order valence-corrected chi connectivity index (χ3v) is 2.94. The highest BCUT2D eigenvalue weighted by atomic mass is 79.9. The molecule has 0 aliphatic carbocycles. The van der Waals surface area contributed by atoms with Crippen LogP contribution >= 0.6 is 15.9 Å². The topological polar surface area (TPSA) is 78.9 Å². The van der Waals surface area contributed by atoms with Gasteiger partial charge in [-0.25, -0.2) is 4.39 Å². The van der Waals surface area contributed by atoms with E-state index in [0.29, 0.717) is 0 Å². The molecule has 1 amide bonds. The number of rotatable bonds is 4. The Labute approximate surface area is 119 Å². The van der Waals surface area contributed by atoms with Gasteiger partial charge in [-0.15, -0.1) is 0 Å². The van der Waals surface area contributed by atoms with Gasteiger partial charge < -0.3 is 11.1 Å². The Balaban J connectivity index is 3.04. The summed E-state index contributed by atoms with van der Waals surface area (Å²) in [5.74, 6) is -2.22. The number of nitrogens with zero attached hydrogens (tertiary/aromatic N) is 1. The zero-order chi connectivity index (χ0) is 15.5. The van der Waals surface area contributed by atoms with Gasteiger partial charge in [0.2, 0.25) is 5.91 Å². The van der Waals surface area contributed by atoms with E-state index in [4.69, 9.17) is 11.0 Å². The fourth-order valence-corrected chi connectivity index (χ4v) is 1.82. The van der Waals surface area contributed by atoms with E-state index in [2.05, 4.69) is 21.2 Å². The van der Waals surface area contributed by atoms with Crippen LogP contribution in [0.3, 0.4) is 0 Å². The molecule has 0 heterocycles. The molecule has 0 fully saturated rings. The molecule has 0 radical (unpaired) electrons. The van der Waals surface area contributed by atoms with Gasteiger partial charge >= 0.3 is 6.18 Å². The number of nitriles is 1. The Morgan fingerprint density at radius 3 is 2.55 bits per heavy atom. The van der Waals surface area contributed by atoms with Crippen LogP contribution in [0, 0.1) is 17.1 Å². The molecule has 0 saturated carbocycles. The fraction of sp³-hybridized carbons (Fsp3) is 0.273. The van der Waals surface area contributed by atoms with Gasteiger partial charge in [-0.05, 0) is 28.1 Å². The van der Waals surface area contributed by atoms with E-state index in [1.165, 1.54) is 0 Å². The maximum absolute atomic E-state index is 13.6. The summed E-state index contributed by atoms with van der Waals surface area (Å²) in [5, 5.41) is 10.8. The number of nitrogens with one attached hydrogen (secondary N) is 1. The molecular formula is C11H8BrF4N3O. The number of alkyl halides is 3. The van der Waals surface area contributed by atoms with Crippen LogP contribution in [0.4, 0.5) is 23.2 Å². The zero-order valence-corrected chi connectivity index (χ0v) is 11.3. The van der Waals surface area contributed by atoms with Crippen molar-refractivity contribution in [2.24, 2.45) is 5.73 Å². The molecule has 0 spiro atoms. The maximum atomic E-state index is 13.6. The zero-order valence-electron chi connectivity index (χ0n) is 9.76. The molecule has 3 N–H and O–H groups in total. The number of carbonyl (C=O) groups excluding carboxylic acids is 1. The largest absolute Gasteiger partial charge is 0.391 e. The van der Waals surface area contributed by atoms with Gasteiger partial charge in [0, 0.05) is 4.47 Å². The lowest BCUT2D eigenvalue weighted by atomic mass is 10.1. The van der Waals surface area contributed by atoms with Crippen LogP contribution in [-0.4, -0.2) is 18.1 Å². The normalized spacial score (nSPS) is 12.6. The number of carbonyl (C=O) groups is 1. The second-order valence-corrected chi connectivity index (χ2v) is 4.70. The Morgan fingerprint density at radius 2 is 2.10 bits per heavy atom. The van der Waals surface area contributed by atoms with Crippen molar-refractivity contribution >= 4 is 27.5 Å². The summed E-state index contributed by atoms with van der Waals surface area (Å²) in [6.45, 7) is 0. The van der Waals surface area contributed by atoms with E-state index < -0.39 is 30.4 Å². The van der Waals surface area contributed by atoms with E-state index in [1.54, 1.807) is 6.07 Å². The average molecular weight is 354 g/mol. The molecule has 0 aliphatic rings. The molecule has 0 saturated heterocycles. The maximum Gasteiger partial charge on any atom is 0.391 e. The molecular weight excluding hydrogens is 346 g/mol. The van der Waals surface area contributed by atoms with Gasteiger partial charge in [0.05, 0.1) is 17.7 Å². The predicted octanol–water partition coefficient (Wildman–Crippen LogP) is 2.68. The molecule has 1 unspecified atom stereocenters. The minimum Gasteiger partial charge on any atom is -0.371 e. The minimum absolute atomic E-state index is 0.0282. The molecule has 0 bridgehead atoms. The van der Waals surface area contributed by atoms with Crippen LogP contribution in [0.15, 0.2) is 16.6 Å². The smallest absolute Gasteiger partial charge is 0.371 e. The third kappa shape index (κ3) is 4.38. The Morgan fingerprint density at radius 1 is 1.50 bits per heavy atom. The summed E-state index contributed by atoms with van der Waals surface area (Å²) >= 11 is 2.96. The average Bonchev–Trinajstić information content (AvgIpc) is 2.30. The monoisotopic (exact) mass is 353 g/mol. The van der Waals surface area contributed by atoms with Crippen LogP contribution in [-0.2, 0) is 4.79 Å². The number of benzene rings is 1. The Kier molecular flexibility index (Phi) is 4.94. The summed E-state index contributed by atoms with van der Waals surface area (Å²) in [6, 6.07) is 1.79. The van der Waals surface area contributed by atoms with Gasteiger partial charge in [-0.3, -0.25) is 4.79 Å². The van der Waals surface area contributed by atoms with E-state index in [1.807, 2.05) is 0 Å². The summed E-state index contributed by atoms with van der Waals surface area (Å²) in [5.41, 5.74) is 4.46. The quantitative estimate of drug-likeness (QED) is 0.816. The molecule has 108 valence electrons. The molecule has 1 aromatic carbocycles. The second-order valence-electron chi connectivity index (χ2n) is 3.84. The first kappa shape index (κ1) is 16.2. The third-order valence-electron chi connectivity index (χ3n) is 2.29. The van der Waals surface area contributed by atoms with Crippen LogP contribution in [0.5, 0.6) is 0 Å². The van der Waals surface area contributed by atoms with Gasteiger partial charge in [0.15, 0.2) is 0 Å². The van der Waals surface area contributed by atoms with Crippen molar-refractivity contribution in [3.05, 3.63) is 28.0 Å². The molecule has 0 aliphatic heterocycles. The van der Waals surface area contributed by atoms with E-state index in [-0.39, 0.29) is 15.7 Å². The first-order valence-electron chi connectivity index (χ1n) is 5.16. The standard InChI is InChI=1S/C11H8BrF4N3O/c12-6-2-8(7(13)1-5(6)4-17)19-9(10(18)20)3-11(14,15)16/h1-2,9,19H,3H2,(H2,18,20). The molecule has 9 heteroatoms. The Hall–Kier alpha value is -1.82. The van der Waals surface area contributed by atoms with Gasteiger partial charge in [0.25, 0.3) is 0 Å². The highest BCUT2D eigenvalue weighted by Crippen LogP contribution is 2.27. The van der Waals surface area contributed by atoms with Crippen molar-refractivity contribution < 1.29 is 22.4 Å². The lowest BCUT2D eigenvalue weighted by molar-refractivity contribution is -0.144. The summed E-state index contributed by atoms with van der Waals surface area (Å²) < 4.78 is 50.6. The number of hydrogen-bond acceptors (Lipinski definition) is 3. The number of halogens is 5. The van der Waals surface area contributed by atoms with Crippen LogP contribution in [0.1, 0.15) is 12.0 Å². The fourth-order valence-electron chi connectivity index (χ4n) is 1.39. The highest BCUT2D eigenvalue weighted by Gasteiger charge is 2.35. The molecule has 1 atom stereocenters.